The topological polar surface area (TPSA) is 66.0 Å². The van der Waals surface area contributed by atoms with Crippen molar-refractivity contribution in [3.63, 3.8) is 0 Å². The molecule has 0 saturated carbocycles. The molecule has 0 aliphatic rings. The van der Waals surface area contributed by atoms with Gasteiger partial charge < -0.3 is 9.15 Å². The molecular weight excluding hydrogens is 306 g/mol. The fraction of sp³-hybridized carbons (Fsp3) is 0.267. The molecule has 0 N–H and O–H groups in total. The quantitative estimate of drug-likeness (QED) is 0.719. The Labute approximate surface area is 130 Å². The molecule has 0 aliphatic heterocycles. The number of benzene rings is 1. The highest BCUT2D eigenvalue weighted by Crippen LogP contribution is 2.27. The molecule has 0 aliphatic carbocycles. The number of hydrogen-bond donors (Lipinski definition) is 0. The van der Waals surface area contributed by atoms with E-state index in [4.69, 9.17) is 4.42 Å². The number of aromatic nitrogens is 4. The van der Waals surface area contributed by atoms with Crippen LogP contribution in [0.4, 0.5) is 8.78 Å². The van der Waals surface area contributed by atoms with Gasteiger partial charge in [0.25, 0.3) is 5.89 Å². The van der Waals surface area contributed by atoms with Crippen molar-refractivity contribution < 1.29 is 17.9 Å². The van der Waals surface area contributed by atoms with Gasteiger partial charge in [0.05, 0.1) is 11.3 Å². The second kappa shape index (κ2) is 6.15. The number of ether oxygens (including phenoxy) is 1. The molecule has 0 radical (unpaired) electrons. The predicted octanol–water partition coefficient (Wildman–Crippen LogP) is 3.53. The van der Waals surface area contributed by atoms with E-state index in [0.29, 0.717) is 17.3 Å². The fourth-order valence-electron chi connectivity index (χ4n) is 2.12. The average molecular weight is 320 g/mol. The molecule has 0 bridgehead atoms. The number of alkyl halides is 2. The first-order valence-electron chi connectivity index (χ1n) is 7.00. The number of rotatable bonds is 5. The summed E-state index contributed by atoms with van der Waals surface area (Å²) in [5.41, 5.74) is 2.18. The Balaban J connectivity index is 1.85. The van der Waals surface area contributed by atoms with Crippen LogP contribution in [0.25, 0.3) is 22.9 Å². The number of halogens is 2. The van der Waals surface area contributed by atoms with E-state index in [-0.39, 0.29) is 5.75 Å². The molecule has 0 saturated heterocycles. The SMILES string of the molecule is CCn1cc(-c2nnc(-c3ccc(OC(F)F)cc3)o2)c(C)n1. The van der Waals surface area contributed by atoms with Crippen LogP contribution in [0.2, 0.25) is 0 Å². The standard InChI is InChI=1S/C15H14F2N4O2/c1-3-21-8-12(9(2)20-21)14-19-18-13(23-14)10-4-6-11(7-5-10)22-15(16)17/h4-8,15H,3H2,1-2H3. The first-order valence-corrected chi connectivity index (χ1v) is 7.00. The number of nitrogens with zero attached hydrogens (tertiary/aromatic N) is 4. The maximum atomic E-state index is 12.1. The molecular formula is C15H14F2N4O2. The van der Waals surface area contributed by atoms with Crippen LogP contribution in [0.3, 0.4) is 0 Å². The second-order valence-electron chi connectivity index (χ2n) is 4.80. The van der Waals surface area contributed by atoms with Gasteiger partial charge in [0.1, 0.15) is 5.75 Å². The Bertz CT molecular complexity index is 796. The van der Waals surface area contributed by atoms with Gasteiger partial charge in [-0.15, -0.1) is 10.2 Å². The summed E-state index contributed by atoms with van der Waals surface area (Å²) in [7, 11) is 0. The van der Waals surface area contributed by atoms with Crippen LogP contribution in [0.15, 0.2) is 34.9 Å². The third kappa shape index (κ3) is 3.20. The zero-order valence-electron chi connectivity index (χ0n) is 12.5. The summed E-state index contributed by atoms with van der Waals surface area (Å²) in [5.74, 6) is 0.737. The summed E-state index contributed by atoms with van der Waals surface area (Å²) >= 11 is 0. The Morgan fingerprint density at radius 3 is 2.48 bits per heavy atom. The van der Waals surface area contributed by atoms with Crippen molar-refractivity contribution in [1.82, 2.24) is 20.0 Å². The van der Waals surface area contributed by atoms with Crippen LogP contribution in [0.5, 0.6) is 5.75 Å². The number of hydrogen-bond acceptors (Lipinski definition) is 5. The number of aryl methyl sites for hydroxylation is 2. The van der Waals surface area contributed by atoms with Gasteiger partial charge in [-0.3, -0.25) is 4.68 Å². The van der Waals surface area contributed by atoms with Crippen LogP contribution in [0, 0.1) is 6.92 Å². The smallest absolute Gasteiger partial charge is 0.387 e. The molecule has 1 aromatic carbocycles. The molecule has 0 unspecified atom stereocenters. The largest absolute Gasteiger partial charge is 0.435 e. The molecule has 120 valence electrons. The maximum absolute atomic E-state index is 12.1. The van der Waals surface area contributed by atoms with E-state index in [1.165, 1.54) is 12.1 Å². The van der Waals surface area contributed by atoms with Crippen LogP contribution in [-0.2, 0) is 6.54 Å². The van der Waals surface area contributed by atoms with E-state index in [1.807, 2.05) is 20.0 Å². The second-order valence-corrected chi connectivity index (χ2v) is 4.80. The summed E-state index contributed by atoms with van der Waals surface area (Å²) in [5, 5.41) is 12.3. The summed E-state index contributed by atoms with van der Waals surface area (Å²) in [6.07, 6.45) is 1.84. The van der Waals surface area contributed by atoms with E-state index in [2.05, 4.69) is 20.0 Å². The van der Waals surface area contributed by atoms with E-state index < -0.39 is 6.61 Å². The molecule has 3 aromatic rings. The highest BCUT2D eigenvalue weighted by atomic mass is 19.3. The third-order valence-electron chi connectivity index (χ3n) is 3.25. The molecule has 0 fully saturated rings. The fourth-order valence-corrected chi connectivity index (χ4v) is 2.12. The van der Waals surface area contributed by atoms with Crippen LogP contribution >= 0.6 is 0 Å². The van der Waals surface area contributed by atoms with Gasteiger partial charge >= 0.3 is 6.61 Å². The normalized spacial score (nSPS) is 11.2. The van der Waals surface area contributed by atoms with Crippen molar-refractivity contribution in [1.29, 1.82) is 0 Å². The van der Waals surface area contributed by atoms with E-state index >= 15 is 0 Å². The lowest BCUT2D eigenvalue weighted by Gasteiger charge is -2.03. The van der Waals surface area contributed by atoms with Crippen molar-refractivity contribution in [2.45, 2.75) is 27.0 Å². The molecule has 2 aromatic heterocycles. The molecule has 23 heavy (non-hydrogen) atoms. The molecule has 3 rings (SSSR count). The predicted molar refractivity (Wildman–Crippen MR) is 78.0 cm³/mol. The van der Waals surface area contributed by atoms with E-state index in [0.717, 1.165) is 17.8 Å². The highest BCUT2D eigenvalue weighted by molar-refractivity contribution is 5.59. The minimum atomic E-state index is -2.85. The summed E-state index contributed by atoms with van der Waals surface area (Å²) in [6, 6.07) is 6.01. The minimum absolute atomic E-state index is 0.0727. The molecule has 0 amide bonds. The molecule has 0 spiro atoms. The Morgan fingerprint density at radius 1 is 1.17 bits per heavy atom. The average Bonchev–Trinajstić information content (AvgIpc) is 3.13. The first-order chi connectivity index (χ1) is 11.1. The Morgan fingerprint density at radius 2 is 1.87 bits per heavy atom. The molecule has 8 heteroatoms. The van der Waals surface area contributed by atoms with Crippen molar-refractivity contribution in [2.24, 2.45) is 0 Å². The summed E-state index contributed by atoms with van der Waals surface area (Å²) in [4.78, 5) is 0. The molecule has 0 atom stereocenters. The van der Waals surface area contributed by atoms with E-state index in [1.54, 1.807) is 16.8 Å². The zero-order valence-corrected chi connectivity index (χ0v) is 12.5. The van der Waals surface area contributed by atoms with Gasteiger partial charge in [0, 0.05) is 18.3 Å². The molecule has 6 nitrogen and oxygen atoms in total. The van der Waals surface area contributed by atoms with Gasteiger partial charge in [0.15, 0.2) is 0 Å². The van der Waals surface area contributed by atoms with Crippen LogP contribution in [-0.4, -0.2) is 26.6 Å². The Kier molecular flexibility index (Phi) is 4.05. The highest BCUT2D eigenvalue weighted by Gasteiger charge is 2.15. The molecule has 2 heterocycles. The van der Waals surface area contributed by atoms with Crippen molar-refractivity contribution in [3.8, 4) is 28.7 Å². The van der Waals surface area contributed by atoms with Gasteiger partial charge in [-0.1, -0.05) is 0 Å². The van der Waals surface area contributed by atoms with E-state index in [9.17, 15) is 8.78 Å². The maximum Gasteiger partial charge on any atom is 0.387 e. The van der Waals surface area contributed by atoms with Gasteiger partial charge in [-0.05, 0) is 38.1 Å². The zero-order chi connectivity index (χ0) is 16.4. The Hall–Kier alpha value is -2.77. The van der Waals surface area contributed by atoms with Crippen molar-refractivity contribution in [3.05, 3.63) is 36.2 Å². The van der Waals surface area contributed by atoms with Gasteiger partial charge in [0.2, 0.25) is 5.89 Å². The lowest BCUT2D eigenvalue weighted by atomic mass is 10.2. The lowest BCUT2D eigenvalue weighted by molar-refractivity contribution is -0.0498. The van der Waals surface area contributed by atoms with Crippen molar-refractivity contribution >= 4 is 0 Å². The third-order valence-corrected chi connectivity index (χ3v) is 3.25. The van der Waals surface area contributed by atoms with Gasteiger partial charge in [-0.2, -0.15) is 13.9 Å². The lowest BCUT2D eigenvalue weighted by Crippen LogP contribution is -2.01. The monoisotopic (exact) mass is 320 g/mol. The van der Waals surface area contributed by atoms with Crippen LogP contribution < -0.4 is 4.74 Å². The van der Waals surface area contributed by atoms with Gasteiger partial charge in [-0.25, -0.2) is 0 Å². The first kappa shape index (κ1) is 15.1. The summed E-state index contributed by atoms with van der Waals surface area (Å²) < 4.78 is 36.0. The minimum Gasteiger partial charge on any atom is -0.435 e. The van der Waals surface area contributed by atoms with Crippen molar-refractivity contribution in [2.75, 3.05) is 0 Å². The summed E-state index contributed by atoms with van der Waals surface area (Å²) in [6.45, 7) is 1.74. The van der Waals surface area contributed by atoms with Crippen LogP contribution in [0.1, 0.15) is 12.6 Å².